The first-order chi connectivity index (χ1) is 12.4. The Kier molecular flexibility index (Phi) is 5.28. The van der Waals surface area contributed by atoms with Gasteiger partial charge >= 0.3 is 0 Å². The molecule has 136 valence electrons. The summed E-state index contributed by atoms with van der Waals surface area (Å²) in [5.41, 5.74) is 0.684. The van der Waals surface area contributed by atoms with Crippen LogP contribution >= 0.6 is 11.8 Å². The Bertz CT molecular complexity index is 990. The first kappa shape index (κ1) is 18.4. The van der Waals surface area contributed by atoms with E-state index in [0.717, 1.165) is 11.8 Å². The van der Waals surface area contributed by atoms with Gasteiger partial charge in [0.05, 0.1) is 17.1 Å². The molecule has 0 saturated heterocycles. The lowest BCUT2D eigenvalue weighted by Gasteiger charge is -2.12. The van der Waals surface area contributed by atoms with E-state index in [0.29, 0.717) is 17.3 Å². The van der Waals surface area contributed by atoms with Gasteiger partial charge in [0, 0.05) is 11.3 Å². The highest BCUT2D eigenvalue weighted by atomic mass is 32.2. The van der Waals surface area contributed by atoms with E-state index in [9.17, 15) is 17.6 Å². The van der Waals surface area contributed by atoms with E-state index in [2.05, 4.69) is 15.0 Å². The molecule has 0 bridgehead atoms. The van der Waals surface area contributed by atoms with Crippen molar-refractivity contribution in [2.24, 2.45) is 4.99 Å². The van der Waals surface area contributed by atoms with Crippen LogP contribution < -0.4 is 10.0 Å². The number of para-hydroxylation sites is 1. The Morgan fingerprint density at radius 1 is 1.23 bits per heavy atom. The third-order valence-corrected chi connectivity index (χ3v) is 5.94. The monoisotopic (exact) mass is 393 g/mol. The molecule has 1 amide bonds. The summed E-state index contributed by atoms with van der Waals surface area (Å²) in [6.45, 7) is 2.35. The lowest BCUT2D eigenvalue weighted by atomic mass is 10.1. The van der Waals surface area contributed by atoms with Crippen molar-refractivity contribution in [2.45, 2.75) is 11.8 Å². The van der Waals surface area contributed by atoms with Gasteiger partial charge in [0.1, 0.15) is 5.82 Å². The Balaban J connectivity index is 1.88. The Hall–Kier alpha value is -2.39. The van der Waals surface area contributed by atoms with Crippen molar-refractivity contribution in [3.8, 4) is 0 Å². The molecule has 0 unspecified atom stereocenters. The van der Waals surface area contributed by atoms with Crippen LogP contribution in [0, 0.1) is 12.7 Å². The van der Waals surface area contributed by atoms with E-state index in [1.807, 2.05) is 0 Å². The van der Waals surface area contributed by atoms with Gasteiger partial charge in [-0.05, 0) is 36.8 Å². The Morgan fingerprint density at radius 2 is 2.00 bits per heavy atom. The van der Waals surface area contributed by atoms with Crippen LogP contribution in [0.3, 0.4) is 0 Å². The van der Waals surface area contributed by atoms with Crippen LogP contribution in [-0.4, -0.2) is 31.8 Å². The molecule has 2 aromatic rings. The largest absolute Gasteiger partial charge is 0.301 e. The van der Waals surface area contributed by atoms with Crippen molar-refractivity contribution >= 4 is 38.5 Å². The molecule has 1 aliphatic heterocycles. The number of carbonyl (C=O) groups is 1. The molecule has 1 aliphatic rings. The Labute approximate surface area is 155 Å². The lowest BCUT2D eigenvalue weighted by molar-refractivity contribution is 0.0977. The summed E-state index contributed by atoms with van der Waals surface area (Å²) >= 11 is 1.43. The van der Waals surface area contributed by atoms with Gasteiger partial charge in [-0.3, -0.25) is 14.5 Å². The SMILES string of the molecule is Cc1ccc(S(=O)(=O)Nc2ccccc2F)cc1C(=O)NC1=NCCS1. The summed E-state index contributed by atoms with van der Waals surface area (Å²) in [5, 5.41) is 3.19. The first-order valence-corrected chi connectivity index (χ1v) is 10.2. The van der Waals surface area contributed by atoms with Gasteiger partial charge in [-0.1, -0.05) is 30.0 Å². The van der Waals surface area contributed by atoms with Gasteiger partial charge in [-0.15, -0.1) is 0 Å². The molecule has 2 aromatic carbocycles. The van der Waals surface area contributed by atoms with E-state index in [4.69, 9.17) is 0 Å². The maximum atomic E-state index is 13.7. The molecular weight excluding hydrogens is 377 g/mol. The maximum Gasteiger partial charge on any atom is 0.262 e. The number of amidine groups is 1. The molecule has 1 heterocycles. The summed E-state index contributed by atoms with van der Waals surface area (Å²) in [6.07, 6.45) is 0. The van der Waals surface area contributed by atoms with Crippen molar-refractivity contribution in [3.05, 3.63) is 59.4 Å². The molecule has 0 aliphatic carbocycles. The number of hydrogen-bond acceptors (Lipinski definition) is 5. The van der Waals surface area contributed by atoms with Crippen LogP contribution in [0.1, 0.15) is 15.9 Å². The summed E-state index contributed by atoms with van der Waals surface area (Å²) in [6, 6.07) is 9.65. The fourth-order valence-corrected chi connectivity index (χ4v) is 4.15. The smallest absolute Gasteiger partial charge is 0.262 e. The average molecular weight is 393 g/mol. The van der Waals surface area contributed by atoms with Gasteiger partial charge in [-0.2, -0.15) is 0 Å². The molecule has 0 atom stereocenters. The number of halogens is 1. The molecule has 0 spiro atoms. The standard InChI is InChI=1S/C17H16FN3O3S2/c1-11-6-7-12(10-13(11)16(22)20-17-19-8-9-25-17)26(23,24)21-15-5-3-2-4-14(15)18/h2-7,10,21H,8-9H2,1H3,(H,19,20,22). The highest BCUT2D eigenvalue weighted by Crippen LogP contribution is 2.21. The van der Waals surface area contributed by atoms with Gasteiger partial charge in [0.2, 0.25) is 0 Å². The summed E-state index contributed by atoms with van der Waals surface area (Å²) < 4.78 is 41.0. The number of anilines is 1. The van der Waals surface area contributed by atoms with E-state index < -0.39 is 21.7 Å². The van der Waals surface area contributed by atoms with Gasteiger partial charge < -0.3 is 5.32 Å². The number of nitrogens with one attached hydrogen (secondary N) is 2. The third kappa shape index (κ3) is 4.05. The number of nitrogens with zero attached hydrogens (tertiary/aromatic N) is 1. The lowest BCUT2D eigenvalue weighted by Crippen LogP contribution is -2.28. The maximum absolute atomic E-state index is 13.7. The molecule has 0 saturated carbocycles. The molecule has 9 heteroatoms. The fraction of sp³-hybridized carbons (Fsp3) is 0.176. The zero-order chi connectivity index (χ0) is 18.7. The molecule has 26 heavy (non-hydrogen) atoms. The predicted octanol–water partition coefficient (Wildman–Crippen LogP) is 2.77. The number of aliphatic imine (C=N–C) groups is 1. The number of benzene rings is 2. The zero-order valence-electron chi connectivity index (χ0n) is 13.8. The van der Waals surface area contributed by atoms with E-state index >= 15 is 0 Å². The number of thioether (sulfide) groups is 1. The Morgan fingerprint density at radius 3 is 2.69 bits per heavy atom. The normalized spacial score (nSPS) is 14.0. The molecule has 0 radical (unpaired) electrons. The topological polar surface area (TPSA) is 87.6 Å². The van der Waals surface area contributed by atoms with Gasteiger partial charge in [0.25, 0.3) is 15.9 Å². The third-order valence-electron chi connectivity index (χ3n) is 3.69. The van der Waals surface area contributed by atoms with Crippen LogP contribution in [-0.2, 0) is 10.0 Å². The number of hydrogen-bond donors (Lipinski definition) is 2. The molecule has 0 fully saturated rings. The number of carbonyl (C=O) groups excluding carboxylic acids is 1. The summed E-state index contributed by atoms with van der Waals surface area (Å²) in [4.78, 5) is 16.4. The van der Waals surface area contributed by atoms with Crippen LogP contribution in [0.4, 0.5) is 10.1 Å². The number of amides is 1. The number of rotatable bonds is 4. The summed E-state index contributed by atoms with van der Waals surface area (Å²) in [5.74, 6) is -0.314. The minimum Gasteiger partial charge on any atom is -0.301 e. The number of aryl methyl sites for hydroxylation is 1. The summed E-state index contributed by atoms with van der Waals surface area (Å²) in [7, 11) is -4.04. The second kappa shape index (κ2) is 7.46. The second-order valence-corrected chi connectivity index (χ2v) is 8.32. The first-order valence-electron chi connectivity index (χ1n) is 7.73. The molecule has 6 nitrogen and oxygen atoms in total. The highest BCUT2D eigenvalue weighted by Gasteiger charge is 2.20. The van der Waals surface area contributed by atoms with Crippen LogP contribution in [0.15, 0.2) is 52.4 Å². The highest BCUT2D eigenvalue weighted by molar-refractivity contribution is 8.14. The van der Waals surface area contributed by atoms with E-state index in [1.54, 1.807) is 6.92 Å². The van der Waals surface area contributed by atoms with Crippen molar-refractivity contribution in [2.75, 3.05) is 17.0 Å². The average Bonchev–Trinajstić information content (AvgIpc) is 3.10. The molecule has 3 rings (SSSR count). The minimum atomic E-state index is -4.04. The van der Waals surface area contributed by atoms with E-state index in [1.165, 1.54) is 48.2 Å². The fourth-order valence-electron chi connectivity index (χ4n) is 2.34. The molecule has 2 N–H and O–H groups in total. The van der Waals surface area contributed by atoms with Crippen LogP contribution in [0.25, 0.3) is 0 Å². The predicted molar refractivity (Wildman–Crippen MR) is 101 cm³/mol. The van der Waals surface area contributed by atoms with Crippen molar-refractivity contribution in [1.82, 2.24) is 5.32 Å². The van der Waals surface area contributed by atoms with Crippen LogP contribution in [0.5, 0.6) is 0 Å². The van der Waals surface area contributed by atoms with Crippen molar-refractivity contribution < 1.29 is 17.6 Å². The second-order valence-electron chi connectivity index (χ2n) is 5.55. The quantitative estimate of drug-likeness (QED) is 0.836. The van der Waals surface area contributed by atoms with Crippen molar-refractivity contribution in [1.29, 1.82) is 0 Å². The van der Waals surface area contributed by atoms with Gasteiger partial charge in [0.15, 0.2) is 5.17 Å². The van der Waals surface area contributed by atoms with Gasteiger partial charge in [-0.25, -0.2) is 12.8 Å². The number of sulfonamides is 1. The minimum absolute atomic E-state index is 0.127. The zero-order valence-corrected chi connectivity index (χ0v) is 15.5. The van der Waals surface area contributed by atoms with E-state index in [-0.39, 0.29) is 16.1 Å². The molecular formula is C17H16FN3O3S2. The van der Waals surface area contributed by atoms with Crippen molar-refractivity contribution in [3.63, 3.8) is 0 Å². The van der Waals surface area contributed by atoms with Crippen LogP contribution in [0.2, 0.25) is 0 Å². The molecule has 0 aromatic heterocycles.